The SMILES string of the molecule is CO[C@]1(C)C[C@H](O[C@H]2[C@H](C)[C@@H](O[C@@H]3O[C@H](C)C[C@H](N(C)C)[C@H]3O)[C@](C)(O)C[C@@H](C)CN(C)[C@H](C)[C@@H](O)[C@@]3(O)CC[C@H]3OC(=O)[C@@H]2C)O[C@@H](C)[C@@H]1OC(=O)CCNCCCc1ccc2c(c1)c(=O)c(C(=O)O)cn2N(C)C. The van der Waals surface area contributed by atoms with Crippen molar-refractivity contribution in [1.82, 2.24) is 19.8 Å². The summed E-state index contributed by atoms with van der Waals surface area (Å²) in [7, 11) is 10.6. The van der Waals surface area contributed by atoms with E-state index in [1.54, 1.807) is 57.5 Å². The number of carboxylic acids is 1. The summed E-state index contributed by atoms with van der Waals surface area (Å²) in [6.07, 6.45) is -5.73. The largest absolute Gasteiger partial charge is 0.477 e. The van der Waals surface area contributed by atoms with Crippen LogP contribution in [0.2, 0.25) is 0 Å². The summed E-state index contributed by atoms with van der Waals surface area (Å²) in [6.45, 7) is 15.6. The number of carbonyl (C=O) groups excluding carboxylic acids is 2. The monoisotopic (exact) mass is 1080 g/mol. The lowest BCUT2D eigenvalue weighted by molar-refractivity contribution is -0.319. The number of fused-ring (bicyclic) bond motifs is 2. The normalized spacial score (nSPS) is 38.1. The van der Waals surface area contributed by atoms with Crippen molar-refractivity contribution >= 4 is 28.8 Å². The highest BCUT2D eigenvalue weighted by molar-refractivity contribution is 5.92. The number of aryl methyl sites for hydroxylation is 1. The second-order valence-electron chi connectivity index (χ2n) is 23.4. The molecule has 18 atom stereocenters. The standard InChI is InChI=1S/C55H89N5O16/c1-30-26-53(7,68)48(76-52-45(63)40(57(9)10)24-31(2)71-52)32(3)46(33(4)51(67)73-41-19-21-55(41,69)47(64)34(5)59(13)28-30)75-43-27-54(8,70-14)49(35(6)72-43)74-42(61)20-23-56-22-15-16-36-17-18-39-37(25-36)44(62)38(50(65)66)29-60(39)58(11)12/h17-18,25,29-35,40-41,43,45-49,52,56,63-64,68-69H,15-16,19-24,26-28H2,1-14H3,(H,65,66)/t30-,31-,32+,33-,34-,35+,40+,41-,43+,45-,46+,47-,48-,49+,52+,53-,54-,55-/m1/s1. The first-order chi connectivity index (χ1) is 35.5. The van der Waals surface area contributed by atoms with Gasteiger partial charge in [-0.2, -0.15) is 0 Å². The van der Waals surface area contributed by atoms with Gasteiger partial charge in [0.1, 0.15) is 35.1 Å². The van der Waals surface area contributed by atoms with Gasteiger partial charge in [-0.05, 0) is 131 Å². The Kier molecular flexibility index (Phi) is 20.3. The van der Waals surface area contributed by atoms with E-state index >= 15 is 0 Å². The summed E-state index contributed by atoms with van der Waals surface area (Å²) in [5.74, 6) is -4.55. The third-order valence-electron chi connectivity index (χ3n) is 16.7. The van der Waals surface area contributed by atoms with E-state index in [4.69, 9.17) is 33.2 Å². The van der Waals surface area contributed by atoms with Crippen molar-refractivity contribution in [3.63, 3.8) is 0 Å². The third kappa shape index (κ3) is 13.6. The van der Waals surface area contributed by atoms with E-state index in [-0.39, 0.29) is 49.3 Å². The Bertz CT molecular complexity index is 2370. The predicted molar refractivity (Wildman–Crippen MR) is 282 cm³/mol. The summed E-state index contributed by atoms with van der Waals surface area (Å²) in [5.41, 5.74) is -3.85. The van der Waals surface area contributed by atoms with E-state index in [1.165, 1.54) is 13.3 Å². The predicted octanol–water partition coefficient (Wildman–Crippen LogP) is 2.64. The molecule has 21 nitrogen and oxygen atoms in total. The lowest BCUT2D eigenvalue weighted by Crippen LogP contribution is -2.66. The number of nitrogens with zero attached hydrogens (tertiary/aromatic N) is 4. The second kappa shape index (κ2) is 25.1. The quantitative estimate of drug-likeness (QED) is 0.104. The zero-order valence-corrected chi connectivity index (χ0v) is 47.3. The molecule has 0 bridgehead atoms. The second-order valence-corrected chi connectivity index (χ2v) is 23.4. The number of carboxylic acid groups (broad SMARTS) is 1. The highest BCUT2D eigenvalue weighted by Crippen LogP contribution is 2.43. The smallest absolute Gasteiger partial charge is 0.341 e. The minimum absolute atomic E-state index is 0.0376. The molecule has 0 spiro atoms. The lowest BCUT2D eigenvalue weighted by atomic mass is 9.71. The topological polar surface area (TPSA) is 261 Å². The first-order valence-electron chi connectivity index (χ1n) is 27.1. The van der Waals surface area contributed by atoms with Crippen LogP contribution in [0.4, 0.5) is 0 Å². The molecule has 6 rings (SSSR count). The maximum Gasteiger partial charge on any atom is 0.341 e. The number of hydrogen-bond donors (Lipinski definition) is 6. The first-order valence-corrected chi connectivity index (χ1v) is 27.1. The molecule has 4 heterocycles. The number of benzene rings is 1. The maximum absolute atomic E-state index is 14.5. The number of esters is 2. The van der Waals surface area contributed by atoms with Gasteiger partial charge in [0.05, 0.1) is 47.9 Å². The van der Waals surface area contributed by atoms with Gasteiger partial charge in [-0.1, -0.05) is 19.9 Å². The number of methoxy groups -OCH3 is 1. The number of aromatic nitrogens is 1. The molecule has 1 aliphatic carbocycles. The third-order valence-corrected chi connectivity index (χ3v) is 16.7. The highest BCUT2D eigenvalue weighted by Gasteiger charge is 2.57. The summed E-state index contributed by atoms with van der Waals surface area (Å²) < 4.78 is 46.4. The molecule has 0 unspecified atom stereocenters. The Morgan fingerprint density at radius 1 is 0.947 bits per heavy atom. The van der Waals surface area contributed by atoms with Crippen molar-refractivity contribution in [3.8, 4) is 0 Å². The average Bonchev–Trinajstić information content (AvgIpc) is 3.34. The summed E-state index contributed by atoms with van der Waals surface area (Å²) in [4.78, 5) is 56.7. The van der Waals surface area contributed by atoms with E-state index in [0.717, 1.165) is 5.56 Å². The van der Waals surface area contributed by atoms with Gasteiger partial charge in [-0.25, -0.2) is 4.79 Å². The van der Waals surface area contributed by atoms with E-state index in [9.17, 15) is 44.7 Å². The van der Waals surface area contributed by atoms with Crippen LogP contribution in [0.5, 0.6) is 0 Å². The molecule has 1 aromatic heterocycles. The van der Waals surface area contributed by atoms with Crippen molar-refractivity contribution < 1.29 is 73.1 Å². The van der Waals surface area contributed by atoms with Crippen LogP contribution in [0.3, 0.4) is 0 Å². The van der Waals surface area contributed by atoms with Crippen LogP contribution < -0.4 is 15.8 Å². The molecule has 3 aliphatic heterocycles. The molecule has 430 valence electrons. The maximum atomic E-state index is 14.5. The van der Waals surface area contributed by atoms with Gasteiger partial charge >= 0.3 is 17.9 Å². The number of rotatable bonds is 16. The van der Waals surface area contributed by atoms with E-state index < -0.39 is 113 Å². The van der Waals surface area contributed by atoms with Gasteiger partial charge in [0, 0.05) is 70.3 Å². The molecule has 2 aromatic rings. The fourth-order valence-electron chi connectivity index (χ4n) is 12.1. The zero-order chi connectivity index (χ0) is 56.4. The molecule has 4 fully saturated rings. The minimum Gasteiger partial charge on any atom is -0.477 e. The molecular weight excluding hydrogens is 987 g/mol. The van der Waals surface area contributed by atoms with Crippen LogP contribution in [0.1, 0.15) is 116 Å². The molecule has 3 saturated heterocycles. The van der Waals surface area contributed by atoms with E-state index in [1.807, 2.05) is 70.8 Å². The highest BCUT2D eigenvalue weighted by atomic mass is 16.7. The number of hydrogen-bond acceptors (Lipinski definition) is 19. The van der Waals surface area contributed by atoms with Crippen LogP contribution in [0.25, 0.3) is 10.9 Å². The number of aliphatic hydroxyl groups excluding tert-OH is 2. The molecule has 6 N–H and O–H groups in total. The molecule has 1 saturated carbocycles. The molecule has 0 radical (unpaired) electrons. The lowest BCUT2D eigenvalue weighted by Gasteiger charge is -2.50. The van der Waals surface area contributed by atoms with Gasteiger partial charge in [0.25, 0.3) is 0 Å². The fraction of sp³-hybridized carbons (Fsp3) is 0.782. The van der Waals surface area contributed by atoms with Gasteiger partial charge in [0.15, 0.2) is 18.7 Å². The fourth-order valence-corrected chi connectivity index (χ4v) is 12.1. The van der Waals surface area contributed by atoms with Crippen LogP contribution in [-0.2, 0) is 49.2 Å². The number of likely N-dealkylation sites (N-methyl/N-ethyl adjacent to an activating group) is 2. The molecule has 76 heavy (non-hydrogen) atoms. The number of nitrogens with one attached hydrogen (secondary N) is 1. The van der Waals surface area contributed by atoms with Crippen LogP contribution >= 0.6 is 0 Å². The Balaban J connectivity index is 1.16. The molecular formula is C55H89N5O16. The zero-order valence-electron chi connectivity index (χ0n) is 47.3. The molecule has 4 aliphatic rings. The van der Waals surface area contributed by atoms with Crippen molar-refractivity contribution in [2.45, 2.75) is 197 Å². The number of aliphatic hydroxyl groups is 4. The Morgan fingerprint density at radius 3 is 2.26 bits per heavy atom. The number of aromatic carboxylic acids is 1. The Morgan fingerprint density at radius 2 is 1.64 bits per heavy atom. The molecule has 1 aromatic carbocycles. The van der Waals surface area contributed by atoms with Crippen molar-refractivity contribution in [1.29, 1.82) is 0 Å². The van der Waals surface area contributed by atoms with Gasteiger partial charge < -0.3 is 78.8 Å². The van der Waals surface area contributed by atoms with Crippen molar-refractivity contribution in [3.05, 3.63) is 45.7 Å². The van der Waals surface area contributed by atoms with Crippen LogP contribution in [-0.4, -0.2) is 210 Å². The first kappa shape index (κ1) is 61.4. The summed E-state index contributed by atoms with van der Waals surface area (Å²) in [5, 5.41) is 62.8. The van der Waals surface area contributed by atoms with Crippen LogP contribution in [0, 0.1) is 17.8 Å². The van der Waals surface area contributed by atoms with Gasteiger partial charge in [-0.3, -0.25) is 19.1 Å². The number of ether oxygens (including phenoxy) is 7. The summed E-state index contributed by atoms with van der Waals surface area (Å²) in [6, 6.07) is 4.59. The molecule has 0 amide bonds. The van der Waals surface area contributed by atoms with Gasteiger partial charge in [0.2, 0.25) is 5.43 Å². The van der Waals surface area contributed by atoms with Crippen LogP contribution in [0.15, 0.2) is 29.2 Å². The Labute approximate surface area is 448 Å². The van der Waals surface area contributed by atoms with Crippen molar-refractivity contribution in [2.24, 2.45) is 17.8 Å². The van der Waals surface area contributed by atoms with Gasteiger partial charge in [-0.15, -0.1) is 0 Å². The summed E-state index contributed by atoms with van der Waals surface area (Å²) >= 11 is 0. The number of pyridine rings is 1. The minimum atomic E-state index is -1.69. The molecule has 21 heteroatoms. The van der Waals surface area contributed by atoms with E-state index in [0.29, 0.717) is 56.2 Å². The number of carbonyl (C=O) groups is 3. The van der Waals surface area contributed by atoms with E-state index in [2.05, 4.69) is 5.32 Å². The average molecular weight is 1080 g/mol. The Hall–Kier alpha value is -3.84. The van der Waals surface area contributed by atoms with Crippen molar-refractivity contribution in [2.75, 3.05) is 67.0 Å².